The molecule has 4 aromatic carbocycles. The van der Waals surface area contributed by atoms with Crippen molar-refractivity contribution in [2.45, 2.75) is 25.0 Å². The highest BCUT2D eigenvalue weighted by Crippen LogP contribution is 2.32. The summed E-state index contributed by atoms with van der Waals surface area (Å²) in [6, 6.07) is 32.2. The largest absolute Gasteiger partial charge is 0.491 e. The van der Waals surface area contributed by atoms with Gasteiger partial charge in [0.1, 0.15) is 12.4 Å². The minimum absolute atomic E-state index is 0.134. The van der Waals surface area contributed by atoms with Gasteiger partial charge < -0.3 is 19.5 Å². The quantitative estimate of drug-likeness (QED) is 0.298. The maximum Gasteiger partial charge on any atom is 0.120 e. The summed E-state index contributed by atoms with van der Waals surface area (Å²) in [6.45, 7) is 3.62. The average Bonchev–Trinajstić information content (AvgIpc) is 2.92. The molecule has 0 radical (unpaired) electrons. The highest BCUT2D eigenvalue weighted by molar-refractivity contribution is 5.82. The van der Waals surface area contributed by atoms with Crippen LogP contribution in [0.1, 0.15) is 23.5 Å². The molecule has 4 nitrogen and oxygen atoms in total. The van der Waals surface area contributed by atoms with Crippen molar-refractivity contribution in [1.82, 2.24) is 5.32 Å². The second kappa shape index (κ2) is 11.5. The molecule has 1 saturated heterocycles. The van der Waals surface area contributed by atoms with E-state index in [0.29, 0.717) is 25.7 Å². The van der Waals surface area contributed by atoms with Crippen LogP contribution in [0.2, 0.25) is 0 Å². The van der Waals surface area contributed by atoms with Gasteiger partial charge in [0, 0.05) is 19.6 Å². The van der Waals surface area contributed by atoms with E-state index in [9.17, 15) is 0 Å². The Labute approximate surface area is 207 Å². The van der Waals surface area contributed by atoms with Crippen molar-refractivity contribution in [2.75, 3.05) is 33.4 Å². The molecule has 1 aliphatic heterocycles. The van der Waals surface area contributed by atoms with Gasteiger partial charge in [-0.15, -0.1) is 0 Å². The molecule has 1 heterocycles. The molecule has 5 rings (SSSR count). The van der Waals surface area contributed by atoms with E-state index in [1.54, 1.807) is 7.11 Å². The van der Waals surface area contributed by atoms with Crippen molar-refractivity contribution in [1.29, 1.82) is 0 Å². The molecule has 0 spiro atoms. The lowest BCUT2D eigenvalue weighted by molar-refractivity contribution is 0.0107. The van der Waals surface area contributed by atoms with Crippen LogP contribution >= 0.6 is 0 Å². The van der Waals surface area contributed by atoms with Crippen molar-refractivity contribution in [2.24, 2.45) is 0 Å². The van der Waals surface area contributed by atoms with Crippen LogP contribution in [0, 0.1) is 0 Å². The normalized spacial score (nSPS) is 18.0. The predicted molar refractivity (Wildman–Crippen MR) is 142 cm³/mol. The first-order chi connectivity index (χ1) is 17.3. The average molecular weight is 468 g/mol. The predicted octanol–water partition coefficient (Wildman–Crippen LogP) is 6.19. The minimum atomic E-state index is 0.134. The van der Waals surface area contributed by atoms with Gasteiger partial charge in [0.25, 0.3) is 0 Å². The molecule has 0 aliphatic carbocycles. The Morgan fingerprint density at radius 1 is 0.800 bits per heavy atom. The second-order valence-electron chi connectivity index (χ2n) is 9.12. The van der Waals surface area contributed by atoms with E-state index < -0.39 is 0 Å². The van der Waals surface area contributed by atoms with Gasteiger partial charge in [-0.25, -0.2) is 0 Å². The van der Waals surface area contributed by atoms with Crippen molar-refractivity contribution in [3.63, 3.8) is 0 Å². The zero-order valence-corrected chi connectivity index (χ0v) is 20.3. The van der Waals surface area contributed by atoms with Crippen LogP contribution in [0.25, 0.3) is 21.9 Å². The molecule has 0 bridgehead atoms. The molecule has 1 N–H and O–H groups in total. The van der Waals surface area contributed by atoms with E-state index in [1.165, 1.54) is 27.5 Å². The Hall–Kier alpha value is -3.18. The third kappa shape index (κ3) is 5.91. The lowest BCUT2D eigenvalue weighted by Crippen LogP contribution is -2.41. The molecule has 0 amide bonds. The number of benzene rings is 4. The molecule has 0 saturated carbocycles. The summed E-state index contributed by atoms with van der Waals surface area (Å²) in [5, 5.41) is 6.05. The number of fused-ring (bicyclic) bond motifs is 1. The third-order valence-corrected chi connectivity index (χ3v) is 6.74. The van der Waals surface area contributed by atoms with Crippen LogP contribution in [0.5, 0.6) is 5.75 Å². The molecule has 0 aromatic heterocycles. The maximum absolute atomic E-state index is 6.51. The number of hydrogen-bond acceptors (Lipinski definition) is 4. The lowest BCUT2D eigenvalue weighted by Gasteiger charge is -2.33. The summed E-state index contributed by atoms with van der Waals surface area (Å²) >= 11 is 0. The first-order valence-corrected chi connectivity index (χ1v) is 12.4. The molecule has 180 valence electrons. The Morgan fingerprint density at radius 3 is 2.51 bits per heavy atom. The Kier molecular flexibility index (Phi) is 7.74. The van der Waals surface area contributed by atoms with E-state index in [2.05, 4.69) is 84.2 Å². The molecule has 2 unspecified atom stereocenters. The fraction of sp³-hybridized carbons (Fsp3) is 0.290. The van der Waals surface area contributed by atoms with Gasteiger partial charge in [-0.05, 0) is 64.2 Å². The molecular formula is C31H33NO3. The monoisotopic (exact) mass is 467 g/mol. The highest BCUT2D eigenvalue weighted by atomic mass is 16.5. The van der Waals surface area contributed by atoms with Gasteiger partial charge in [0.15, 0.2) is 0 Å². The minimum Gasteiger partial charge on any atom is -0.491 e. The lowest BCUT2D eigenvalue weighted by atomic mass is 9.86. The summed E-state index contributed by atoms with van der Waals surface area (Å²) in [6.07, 6.45) is 1.20. The van der Waals surface area contributed by atoms with Gasteiger partial charge in [-0.3, -0.25) is 0 Å². The number of piperidine rings is 1. The van der Waals surface area contributed by atoms with Crippen LogP contribution in [-0.2, 0) is 16.1 Å². The molecule has 35 heavy (non-hydrogen) atoms. The summed E-state index contributed by atoms with van der Waals surface area (Å²) in [4.78, 5) is 0. The number of rotatable bonds is 9. The maximum atomic E-state index is 6.51. The van der Waals surface area contributed by atoms with E-state index in [1.807, 2.05) is 12.1 Å². The Balaban J connectivity index is 1.31. The number of nitrogens with one attached hydrogen (secondary N) is 1. The Morgan fingerprint density at radius 2 is 1.63 bits per heavy atom. The van der Waals surface area contributed by atoms with Crippen LogP contribution < -0.4 is 10.1 Å². The summed E-state index contributed by atoms with van der Waals surface area (Å²) in [5.74, 6) is 1.22. The van der Waals surface area contributed by atoms with Gasteiger partial charge in [-0.2, -0.15) is 0 Å². The third-order valence-electron chi connectivity index (χ3n) is 6.74. The van der Waals surface area contributed by atoms with Crippen molar-refractivity contribution in [3.05, 3.63) is 102 Å². The molecule has 4 aromatic rings. The first kappa shape index (κ1) is 23.6. The summed E-state index contributed by atoms with van der Waals surface area (Å²) in [7, 11) is 1.69. The van der Waals surface area contributed by atoms with Crippen molar-refractivity contribution < 1.29 is 14.2 Å². The van der Waals surface area contributed by atoms with Crippen LogP contribution in [0.3, 0.4) is 0 Å². The first-order valence-electron chi connectivity index (χ1n) is 12.4. The number of ether oxygens (including phenoxy) is 3. The van der Waals surface area contributed by atoms with Gasteiger partial charge in [0.05, 0.1) is 19.3 Å². The number of methoxy groups -OCH3 is 1. The molecule has 1 aliphatic rings. The standard InChI is InChI=1S/C31H33NO3/c1-33-16-17-34-29-11-5-9-27(20-29)26-8-4-10-28(19-26)30-14-15-32-21-31(30)35-22-23-12-13-24-6-2-3-7-25(24)18-23/h2-13,18-20,30-32H,14-17,21-22H2,1H3. The molecular weight excluding hydrogens is 434 g/mol. The summed E-state index contributed by atoms with van der Waals surface area (Å²) < 4.78 is 17.4. The Bertz CT molecular complexity index is 1250. The van der Waals surface area contributed by atoms with Gasteiger partial charge in [0.2, 0.25) is 0 Å². The van der Waals surface area contributed by atoms with Crippen LogP contribution in [0.15, 0.2) is 91.0 Å². The molecule has 2 atom stereocenters. The van der Waals surface area contributed by atoms with E-state index in [-0.39, 0.29) is 6.10 Å². The molecule has 1 fully saturated rings. The molecule has 4 heteroatoms. The zero-order chi connectivity index (χ0) is 23.9. The second-order valence-corrected chi connectivity index (χ2v) is 9.12. The van der Waals surface area contributed by atoms with E-state index in [0.717, 1.165) is 30.8 Å². The van der Waals surface area contributed by atoms with E-state index >= 15 is 0 Å². The summed E-state index contributed by atoms with van der Waals surface area (Å²) in [5.41, 5.74) is 4.90. The van der Waals surface area contributed by atoms with Crippen molar-refractivity contribution >= 4 is 10.8 Å². The van der Waals surface area contributed by atoms with Crippen LogP contribution in [0.4, 0.5) is 0 Å². The van der Waals surface area contributed by atoms with Gasteiger partial charge >= 0.3 is 0 Å². The smallest absolute Gasteiger partial charge is 0.120 e. The topological polar surface area (TPSA) is 39.7 Å². The van der Waals surface area contributed by atoms with Gasteiger partial charge in [-0.1, -0.05) is 72.8 Å². The van der Waals surface area contributed by atoms with Crippen LogP contribution in [-0.4, -0.2) is 39.5 Å². The zero-order valence-electron chi connectivity index (χ0n) is 20.3. The fourth-order valence-electron chi connectivity index (χ4n) is 4.88. The fourth-order valence-corrected chi connectivity index (χ4v) is 4.88. The number of hydrogen-bond donors (Lipinski definition) is 1. The highest BCUT2D eigenvalue weighted by Gasteiger charge is 2.27. The van der Waals surface area contributed by atoms with E-state index in [4.69, 9.17) is 14.2 Å². The SMILES string of the molecule is COCCOc1cccc(-c2cccc(C3CCNCC3OCc3ccc4ccccc4c3)c2)c1. The van der Waals surface area contributed by atoms with Crippen molar-refractivity contribution in [3.8, 4) is 16.9 Å².